The molecule has 1 aromatic rings. The van der Waals surface area contributed by atoms with Gasteiger partial charge in [-0.1, -0.05) is 29.3 Å². The molecule has 0 radical (unpaired) electrons. The second kappa shape index (κ2) is 13.9. The number of halogens is 2. The van der Waals surface area contributed by atoms with Gasteiger partial charge in [0.1, 0.15) is 0 Å². The maximum Gasteiger partial charge on any atom is 0.409 e. The van der Waals surface area contributed by atoms with Crippen LogP contribution in [0.1, 0.15) is 18.4 Å². The number of hydrogen-bond donors (Lipinski definition) is 2. The number of rotatable bonds is 6. The largest absolute Gasteiger partial charge is 0.478 e. The van der Waals surface area contributed by atoms with Crippen LogP contribution in [0.4, 0.5) is 4.79 Å². The van der Waals surface area contributed by atoms with Crippen LogP contribution in [0.2, 0.25) is 10.0 Å². The van der Waals surface area contributed by atoms with E-state index in [0.29, 0.717) is 41.8 Å². The van der Waals surface area contributed by atoms with Crippen molar-refractivity contribution in [3.8, 4) is 0 Å². The van der Waals surface area contributed by atoms with Gasteiger partial charge in [0, 0.05) is 38.3 Å². The first kappa shape index (κ1) is 28.4. The molecule has 192 valence electrons. The minimum atomic E-state index is -1.26. The van der Waals surface area contributed by atoms with E-state index in [-0.39, 0.29) is 24.5 Å². The predicted octanol–water partition coefficient (Wildman–Crippen LogP) is 2.62. The summed E-state index contributed by atoms with van der Waals surface area (Å²) in [5.74, 6) is -2.47. The first-order valence-electron chi connectivity index (χ1n) is 11.0. The van der Waals surface area contributed by atoms with Gasteiger partial charge < -0.3 is 29.6 Å². The maximum absolute atomic E-state index is 13.0. The number of carbonyl (C=O) groups is 4. The average molecular weight is 530 g/mol. The Morgan fingerprint density at radius 2 is 1.63 bits per heavy atom. The Hall–Kier alpha value is -2.82. The summed E-state index contributed by atoms with van der Waals surface area (Å²) in [6, 6.07) is 5.24. The number of likely N-dealkylation sites (tertiary alicyclic amines) is 1. The normalized spacial score (nSPS) is 18.2. The number of hydrogen-bond acceptors (Lipinski definition) is 6. The van der Waals surface area contributed by atoms with Gasteiger partial charge in [0.25, 0.3) is 0 Å². The first-order valence-corrected chi connectivity index (χ1v) is 11.8. The molecule has 10 nitrogen and oxygen atoms in total. The zero-order valence-corrected chi connectivity index (χ0v) is 20.9. The number of carbonyl (C=O) groups excluding carboxylic acids is 2. The lowest BCUT2D eigenvalue weighted by Crippen LogP contribution is -2.59. The summed E-state index contributed by atoms with van der Waals surface area (Å²) in [6.45, 7) is 4.36. The van der Waals surface area contributed by atoms with Gasteiger partial charge in [-0.15, -0.1) is 0 Å². The highest BCUT2D eigenvalue weighted by Gasteiger charge is 2.34. The van der Waals surface area contributed by atoms with Gasteiger partial charge in [-0.2, -0.15) is 0 Å². The molecular formula is C23H29Cl2N3O7. The summed E-state index contributed by atoms with van der Waals surface area (Å²) >= 11 is 12.0. The number of benzene rings is 1. The van der Waals surface area contributed by atoms with Crippen molar-refractivity contribution in [2.24, 2.45) is 0 Å². The number of carboxylic acids is 2. The van der Waals surface area contributed by atoms with E-state index in [0.717, 1.165) is 25.2 Å². The molecule has 0 spiro atoms. The second-order valence-corrected chi connectivity index (χ2v) is 8.91. The fourth-order valence-electron chi connectivity index (χ4n) is 3.97. The summed E-state index contributed by atoms with van der Waals surface area (Å²) in [7, 11) is 1.39. The first-order chi connectivity index (χ1) is 16.6. The van der Waals surface area contributed by atoms with Crippen molar-refractivity contribution in [3.63, 3.8) is 0 Å². The minimum Gasteiger partial charge on any atom is -0.478 e. The minimum absolute atomic E-state index is 0.0359. The maximum atomic E-state index is 13.0. The fraction of sp³-hybridized carbons (Fsp3) is 0.478. The van der Waals surface area contributed by atoms with Crippen LogP contribution in [0.5, 0.6) is 0 Å². The average Bonchev–Trinajstić information content (AvgIpc) is 3.33. The molecule has 0 aromatic heterocycles. The number of piperazine rings is 1. The van der Waals surface area contributed by atoms with Crippen molar-refractivity contribution in [1.82, 2.24) is 14.7 Å². The third kappa shape index (κ3) is 9.39. The van der Waals surface area contributed by atoms with Gasteiger partial charge in [0.2, 0.25) is 5.91 Å². The quantitative estimate of drug-likeness (QED) is 0.538. The topological polar surface area (TPSA) is 128 Å². The summed E-state index contributed by atoms with van der Waals surface area (Å²) in [5.41, 5.74) is 0.838. The fourth-order valence-corrected chi connectivity index (χ4v) is 4.29. The number of methoxy groups -OCH3 is 1. The predicted molar refractivity (Wildman–Crippen MR) is 130 cm³/mol. The van der Waals surface area contributed by atoms with E-state index in [9.17, 15) is 19.2 Å². The lowest BCUT2D eigenvalue weighted by molar-refractivity contribution is -0.135. The molecule has 35 heavy (non-hydrogen) atoms. The Bertz CT molecular complexity index is 935. The highest BCUT2D eigenvalue weighted by Crippen LogP contribution is 2.24. The van der Waals surface area contributed by atoms with Gasteiger partial charge in [0.05, 0.1) is 29.6 Å². The second-order valence-electron chi connectivity index (χ2n) is 8.10. The molecule has 2 fully saturated rings. The molecule has 1 aromatic carbocycles. The van der Waals surface area contributed by atoms with E-state index < -0.39 is 11.9 Å². The van der Waals surface area contributed by atoms with E-state index >= 15 is 0 Å². The molecule has 2 saturated heterocycles. The van der Waals surface area contributed by atoms with Crippen molar-refractivity contribution in [1.29, 1.82) is 0 Å². The SMILES string of the molecule is COC(=O)N1CCN(C(=O)Cc2ccc(Cl)c(Cl)c2)[C@@H](CN2CCCC2)C1.O=C(O)/C=C/C(=O)O. The lowest BCUT2D eigenvalue weighted by Gasteiger charge is -2.42. The summed E-state index contributed by atoms with van der Waals surface area (Å²) < 4.78 is 4.87. The molecule has 3 rings (SSSR count). The Morgan fingerprint density at radius 3 is 2.17 bits per heavy atom. The molecular weight excluding hydrogens is 501 g/mol. The standard InChI is InChI=1S/C19H25Cl2N3O3.C4H4O4/c1-27-19(26)23-8-9-24(15(13-23)12-22-6-2-3-7-22)18(25)11-14-4-5-16(20)17(21)10-14;5-3(6)1-2-4(7)8/h4-5,10,15H,2-3,6-9,11-13H2,1H3;1-2H,(H,5,6)(H,7,8)/b;2-1+/t15-;/m0./s1. The van der Waals surface area contributed by atoms with E-state index in [4.69, 9.17) is 38.2 Å². The number of carboxylic acid groups (broad SMARTS) is 2. The molecule has 0 unspecified atom stereocenters. The molecule has 0 saturated carbocycles. The van der Waals surface area contributed by atoms with Crippen molar-refractivity contribution >= 4 is 47.1 Å². The smallest absolute Gasteiger partial charge is 0.409 e. The van der Waals surface area contributed by atoms with Crippen molar-refractivity contribution in [3.05, 3.63) is 46.0 Å². The van der Waals surface area contributed by atoms with Gasteiger partial charge >= 0.3 is 18.0 Å². The van der Waals surface area contributed by atoms with E-state index in [1.54, 1.807) is 17.0 Å². The third-order valence-corrected chi connectivity index (χ3v) is 6.35. The van der Waals surface area contributed by atoms with Crippen LogP contribution < -0.4 is 0 Å². The lowest BCUT2D eigenvalue weighted by atomic mass is 10.1. The van der Waals surface area contributed by atoms with Crippen LogP contribution in [-0.4, -0.2) is 101 Å². The molecule has 0 bridgehead atoms. The molecule has 2 amide bonds. The summed E-state index contributed by atoms with van der Waals surface area (Å²) in [4.78, 5) is 50.0. The molecule has 12 heteroatoms. The van der Waals surface area contributed by atoms with Gasteiger partial charge in [-0.05, 0) is 43.6 Å². The Kier molecular flexibility index (Phi) is 11.3. The Labute approximate surface area is 213 Å². The zero-order chi connectivity index (χ0) is 26.0. The molecule has 0 aliphatic carbocycles. The van der Waals surface area contributed by atoms with Gasteiger partial charge in [-0.25, -0.2) is 14.4 Å². The number of nitrogens with zero attached hydrogens (tertiary/aromatic N) is 3. The van der Waals surface area contributed by atoms with E-state index in [1.807, 2.05) is 11.0 Å². The molecule has 1 atom stereocenters. The molecule has 2 heterocycles. The van der Waals surface area contributed by atoms with Crippen molar-refractivity contribution in [2.75, 3.05) is 46.4 Å². The van der Waals surface area contributed by atoms with Crippen LogP contribution >= 0.6 is 23.2 Å². The third-order valence-electron chi connectivity index (χ3n) is 5.61. The van der Waals surface area contributed by atoms with Crippen LogP contribution in [0.15, 0.2) is 30.4 Å². The van der Waals surface area contributed by atoms with Crippen molar-refractivity contribution in [2.45, 2.75) is 25.3 Å². The Balaban J connectivity index is 0.000000466. The van der Waals surface area contributed by atoms with Gasteiger partial charge in [0.15, 0.2) is 0 Å². The molecule has 2 N–H and O–H groups in total. The highest BCUT2D eigenvalue weighted by atomic mass is 35.5. The monoisotopic (exact) mass is 529 g/mol. The highest BCUT2D eigenvalue weighted by molar-refractivity contribution is 6.42. The van der Waals surface area contributed by atoms with Crippen LogP contribution in [-0.2, 0) is 25.5 Å². The van der Waals surface area contributed by atoms with E-state index in [1.165, 1.54) is 20.0 Å². The number of amides is 2. The van der Waals surface area contributed by atoms with Gasteiger partial charge in [-0.3, -0.25) is 4.79 Å². The summed E-state index contributed by atoms with van der Waals surface area (Å²) in [6.07, 6.45) is 3.42. The zero-order valence-electron chi connectivity index (χ0n) is 19.4. The number of aliphatic carboxylic acids is 2. The summed E-state index contributed by atoms with van der Waals surface area (Å²) in [5, 5.41) is 16.6. The van der Waals surface area contributed by atoms with Crippen LogP contribution in [0.3, 0.4) is 0 Å². The van der Waals surface area contributed by atoms with Crippen molar-refractivity contribution < 1.29 is 34.1 Å². The number of ether oxygens (including phenoxy) is 1. The van der Waals surface area contributed by atoms with E-state index in [2.05, 4.69) is 4.90 Å². The van der Waals surface area contributed by atoms with Crippen LogP contribution in [0, 0.1) is 0 Å². The van der Waals surface area contributed by atoms with Crippen LogP contribution in [0.25, 0.3) is 0 Å². The molecule has 2 aliphatic heterocycles. The molecule has 2 aliphatic rings. The Morgan fingerprint density at radius 1 is 1.00 bits per heavy atom.